The van der Waals surface area contributed by atoms with Crippen molar-refractivity contribution < 1.29 is 18.0 Å². The van der Waals surface area contributed by atoms with Crippen LogP contribution in [0, 0.1) is 0 Å². The Hall–Kier alpha value is -2.55. The topological polar surface area (TPSA) is 111 Å². The highest BCUT2D eigenvalue weighted by Crippen LogP contribution is 2.27. The molecule has 2 aliphatic heterocycles. The van der Waals surface area contributed by atoms with Gasteiger partial charge in [-0.3, -0.25) is 4.79 Å². The first-order chi connectivity index (χ1) is 13.2. The van der Waals surface area contributed by atoms with Gasteiger partial charge in [0.05, 0.1) is 30.1 Å². The van der Waals surface area contributed by atoms with Crippen molar-refractivity contribution in [1.29, 1.82) is 0 Å². The van der Waals surface area contributed by atoms with E-state index in [1.54, 1.807) is 11.8 Å². The van der Waals surface area contributed by atoms with Crippen molar-refractivity contribution in [2.45, 2.75) is 31.8 Å². The zero-order chi connectivity index (χ0) is 19.9. The zero-order valence-electron chi connectivity index (χ0n) is 15.7. The molecule has 1 unspecified atom stereocenters. The zero-order valence-corrected chi connectivity index (χ0v) is 16.6. The largest absolute Gasteiger partial charge is 0.357 e. The van der Waals surface area contributed by atoms with Gasteiger partial charge in [0.25, 0.3) is 0 Å². The molecule has 3 amide bonds. The van der Waals surface area contributed by atoms with Crippen LogP contribution < -0.4 is 10.6 Å². The molecular weight excluding hydrogens is 380 g/mol. The number of amides is 3. The van der Waals surface area contributed by atoms with Gasteiger partial charge in [-0.05, 0) is 31.4 Å². The number of nitrogens with zero attached hydrogens (tertiary/aromatic N) is 1. The average molecular weight is 404 g/mol. The fourth-order valence-electron chi connectivity index (χ4n) is 4.12. The SMILES string of the molecule is CC1(NC(=O)CNC(=O)N2CCc3c([nH]c4ccccc34)C2)CCS(=O)(=O)C1. The predicted molar refractivity (Wildman–Crippen MR) is 106 cm³/mol. The lowest BCUT2D eigenvalue weighted by Gasteiger charge is -2.28. The number of hydrogen-bond acceptors (Lipinski definition) is 4. The second-order valence-electron chi connectivity index (χ2n) is 7.91. The van der Waals surface area contributed by atoms with Gasteiger partial charge in [0, 0.05) is 23.1 Å². The minimum Gasteiger partial charge on any atom is -0.357 e. The summed E-state index contributed by atoms with van der Waals surface area (Å²) in [6.07, 6.45) is 1.15. The standard InChI is InChI=1S/C19H24N4O4S/c1-19(7-9-28(26,27)12-19)22-17(24)10-20-18(25)23-8-6-14-13-4-2-3-5-15(13)21-16(14)11-23/h2-5,21H,6-12H2,1H3,(H,20,25)(H,22,24). The van der Waals surface area contributed by atoms with E-state index in [4.69, 9.17) is 0 Å². The molecule has 0 aliphatic carbocycles. The lowest BCUT2D eigenvalue weighted by Crippen LogP contribution is -2.52. The van der Waals surface area contributed by atoms with Crippen molar-refractivity contribution in [2.24, 2.45) is 0 Å². The molecule has 2 aromatic rings. The molecule has 3 heterocycles. The first-order valence-electron chi connectivity index (χ1n) is 9.37. The van der Waals surface area contributed by atoms with E-state index in [1.807, 2.05) is 18.2 Å². The number of aromatic amines is 1. The summed E-state index contributed by atoms with van der Waals surface area (Å²) in [6.45, 7) is 2.59. The Balaban J connectivity index is 1.33. The molecule has 1 saturated heterocycles. The molecule has 2 aliphatic rings. The highest BCUT2D eigenvalue weighted by molar-refractivity contribution is 7.91. The summed E-state index contributed by atoms with van der Waals surface area (Å²) in [6, 6.07) is 7.78. The third-order valence-corrected chi connectivity index (χ3v) is 7.42. The minimum atomic E-state index is -3.10. The maximum atomic E-state index is 12.5. The fourth-order valence-corrected chi connectivity index (χ4v) is 6.22. The number of carbonyl (C=O) groups excluding carboxylic acids is 2. The molecule has 1 fully saturated rings. The van der Waals surface area contributed by atoms with Gasteiger partial charge < -0.3 is 20.5 Å². The van der Waals surface area contributed by atoms with Gasteiger partial charge in [-0.25, -0.2) is 13.2 Å². The summed E-state index contributed by atoms with van der Waals surface area (Å²) in [4.78, 5) is 29.7. The maximum absolute atomic E-state index is 12.5. The van der Waals surface area contributed by atoms with Gasteiger partial charge in [0.1, 0.15) is 0 Å². The van der Waals surface area contributed by atoms with Crippen molar-refractivity contribution in [3.8, 4) is 0 Å². The van der Waals surface area contributed by atoms with E-state index in [0.29, 0.717) is 19.5 Å². The van der Waals surface area contributed by atoms with E-state index in [1.165, 1.54) is 10.9 Å². The van der Waals surface area contributed by atoms with Crippen LogP contribution in [-0.2, 0) is 27.6 Å². The number of benzene rings is 1. The van der Waals surface area contributed by atoms with Crippen LogP contribution in [0.1, 0.15) is 24.6 Å². The molecule has 150 valence electrons. The van der Waals surface area contributed by atoms with Crippen LogP contribution in [0.2, 0.25) is 0 Å². The van der Waals surface area contributed by atoms with Gasteiger partial charge in [-0.15, -0.1) is 0 Å². The van der Waals surface area contributed by atoms with Crippen molar-refractivity contribution in [1.82, 2.24) is 20.5 Å². The number of urea groups is 1. The van der Waals surface area contributed by atoms with Crippen molar-refractivity contribution in [3.63, 3.8) is 0 Å². The molecule has 4 rings (SSSR count). The van der Waals surface area contributed by atoms with Crippen molar-refractivity contribution in [3.05, 3.63) is 35.5 Å². The van der Waals surface area contributed by atoms with Crippen LogP contribution >= 0.6 is 0 Å². The van der Waals surface area contributed by atoms with Crippen LogP contribution in [0.4, 0.5) is 4.79 Å². The highest BCUT2D eigenvalue weighted by Gasteiger charge is 2.39. The monoisotopic (exact) mass is 404 g/mol. The third kappa shape index (κ3) is 3.71. The van der Waals surface area contributed by atoms with E-state index < -0.39 is 15.4 Å². The molecular formula is C19H24N4O4S. The lowest BCUT2D eigenvalue weighted by atomic mass is 10.0. The second-order valence-corrected chi connectivity index (χ2v) is 10.1. The number of sulfone groups is 1. The van der Waals surface area contributed by atoms with Gasteiger partial charge in [-0.2, -0.15) is 0 Å². The number of para-hydroxylation sites is 1. The molecule has 1 aromatic heterocycles. The van der Waals surface area contributed by atoms with E-state index in [9.17, 15) is 18.0 Å². The minimum absolute atomic E-state index is 0.0605. The van der Waals surface area contributed by atoms with Crippen LogP contribution in [0.15, 0.2) is 24.3 Å². The smallest absolute Gasteiger partial charge is 0.318 e. The normalized spacial score (nSPS) is 23.4. The molecule has 0 radical (unpaired) electrons. The second kappa shape index (κ2) is 6.80. The van der Waals surface area contributed by atoms with Crippen LogP contribution in [-0.4, -0.2) is 60.4 Å². The number of aromatic nitrogens is 1. The molecule has 0 bridgehead atoms. The first kappa shape index (κ1) is 18.8. The van der Waals surface area contributed by atoms with Crippen molar-refractivity contribution >= 4 is 32.7 Å². The Labute approximate surface area is 163 Å². The van der Waals surface area contributed by atoms with Crippen LogP contribution in [0.3, 0.4) is 0 Å². The molecule has 9 heteroatoms. The van der Waals surface area contributed by atoms with Crippen LogP contribution in [0.25, 0.3) is 10.9 Å². The quantitative estimate of drug-likeness (QED) is 0.707. The maximum Gasteiger partial charge on any atom is 0.318 e. The first-order valence-corrected chi connectivity index (χ1v) is 11.2. The number of fused-ring (bicyclic) bond motifs is 3. The molecule has 1 aromatic carbocycles. The number of hydrogen-bond donors (Lipinski definition) is 3. The van der Waals surface area contributed by atoms with Gasteiger partial charge in [0.2, 0.25) is 5.91 Å². The van der Waals surface area contributed by atoms with E-state index in [0.717, 1.165) is 17.6 Å². The number of rotatable bonds is 3. The molecule has 8 nitrogen and oxygen atoms in total. The number of carbonyl (C=O) groups is 2. The Bertz CT molecular complexity index is 1050. The summed E-state index contributed by atoms with van der Waals surface area (Å²) in [5, 5.41) is 6.58. The lowest BCUT2D eigenvalue weighted by molar-refractivity contribution is -0.121. The Morgan fingerprint density at radius 2 is 2.07 bits per heavy atom. The molecule has 3 N–H and O–H groups in total. The molecule has 1 atom stereocenters. The van der Waals surface area contributed by atoms with E-state index in [2.05, 4.69) is 21.7 Å². The number of nitrogens with one attached hydrogen (secondary N) is 3. The summed E-state index contributed by atoms with van der Waals surface area (Å²) < 4.78 is 23.3. The molecule has 0 spiro atoms. The summed E-state index contributed by atoms with van der Waals surface area (Å²) in [5.74, 6) is -0.359. The number of H-pyrrole nitrogens is 1. The predicted octanol–water partition coefficient (Wildman–Crippen LogP) is 0.929. The average Bonchev–Trinajstić information content (AvgIpc) is 3.15. The molecule has 0 saturated carbocycles. The Morgan fingerprint density at radius 1 is 1.29 bits per heavy atom. The summed E-state index contributed by atoms with van der Waals surface area (Å²) >= 11 is 0. The van der Waals surface area contributed by atoms with Gasteiger partial charge >= 0.3 is 6.03 Å². The summed E-state index contributed by atoms with van der Waals surface area (Å²) in [5.41, 5.74) is 2.57. The van der Waals surface area contributed by atoms with Crippen LogP contribution in [0.5, 0.6) is 0 Å². The Kier molecular flexibility index (Phi) is 4.57. The van der Waals surface area contributed by atoms with Gasteiger partial charge in [-0.1, -0.05) is 18.2 Å². The van der Waals surface area contributed by atoms with E-state index in [-0.39, 0.29) is 30.0 Å². The third-order valence-electron chi connectivity index (χ3n) is 5.51. The highest BCUT2D eigenvalue weighted by atomic mass is 32.2. The fraction of sp³-hybridized carbons (Fsp3) is 0.474. The van der Waals surface area contributed by atoms with E-state index >= 15 is 0 Å². The van der Waals surface area contributed by atoms with Crippen molar-refractivity contribution in [2.75, 3.05) is 24.6 Å². The molecule has 28 heavy (non-hydrogen) atoms. The summed E-state index contributed by atoms with van der Waals surface area (Å²) in [7, 11) is -3.10. The Morgan fingerprint density at radius 3 is 2.82 bits per heavy atom. The van der Waals surface area contributed by atoms with Gasteiger partial charge in [0.15, 0.2) is 9.84 Å².